The maximum Gasteiger partial charge on any atom is 0.326 e. The highest BCUT2D eigenvalue weighted by atomic mass is 16.5. The summed E-state index contributed by atoms with van der Waals surface area (Å²) < 4.78 is 10.8. The first kappa shape index (κ1) is 18.5. The van der Waals surface area contributed by atoms with Crippen molar-refractivity contribution in [2.24, 2.45) is 0 Å². The van der Waals surface area contributed by atoms with Crippen molar-refractivity contribution in [1.82, 2.24) is 10.2 Å². The first-order valence-corrected chi connectivity index (χ1v) is 9.04. The lowest BCUT2D eigenvalue weighted by Gasteiger charge is -2.33. The van der Waals surface area contributed by atoms with Gasteiger partial charge in [-0.1, -0.05) is 30.3 Å². The molecule has 2 aliphatic heterocycles. The van der Waals surface area contributed by atoms with Gasteiger partial charge in [-0.15, -0.1) is 0 Å². The van der Waals surface area contributed by atoms with Crippen molar-refractivity contribution in [1.29, 1.82) is 5.26 Å². The molecule has 29 heavy (non-hydrogen) atoms. The molecule has 4 rings (SSSR count). The van der Waals surface area contributed by atoms with Gasteiger partial charge in [-0.2, -0.15) is 5.26 Å². The Morgan fingerprint density at radius 3 is 2.72 bits per heavy atom. The summed E-state index contributed by atoms with van der Waals surface area (Å²) in [6.07, 6.45) is 0.283. The van der Waals surface area contributed by atoms with E-state index in [1.165, 1.54) is 0 Å². The molecule has 3 amide bonds. The van der Waals surface area contributed by atoms with Crippen LogP contribution in [0.5, 0.6) is 5.75 Å². The first-order valence-electron chi connectivity index (χ1n) is 9.04. The molecule has 0 unspecified atom stereocenters. The maximum atomic E-state index is 13.1. The van der Waals surface area contributed by atoms with E-state index in [4.69, 9.17) is 14.7 Å². The number of fused-ring (bicyclic) bond motifs is 2. The van der Waals surface area contributed by atoms with E-state index in [2.05, 4.69) is 5.32 Å². The quantitative estimate of drug-likeness (QED) is 0.629. The third kappa shape index (κ3) is 3.27. The minimum Gasteiger partial charge on any atom is -0.493 e. The first-order chi connectivity index (χ1) is 14.0. The van der Waals surface area contributed by atoms with Crippen LogP contribution in [0.25, 0.3) is 0 Å². The zero-order valence-electron chi connectivity index (χ0n) is 15.4. The smallest absolute Gasteiger partial charge is 0.326 e. The molecule has 146 valence electrons. The van der Waals surface area contributed by atoms with Crippen molar-refractivity contribution in [3.05, 3.63) is 65.2 Å². The lowest BCUT2D eigenvalue weighted by atomic mass is 9.84. The number of nitriles is 1. The molecule has 0 saturated carbocycles. The summed E-state index contributed by atoms with van der Waals surface area (Å²) in [6.45, 7) is -0.220. The second-order valence-corrected chi connectivity index (χ2v) is 6.79. The van der Waals surface area contributed by atoms with Crippen molar-refractivity contribution >= 4 is 17.9 Å². The van der Waals surface area contributed by atoms with Crippen LogP contribution in [0.2, 0.25) is 0 Å². The number of esters is 1. The third-order valence-electron chi connectivity index (χ3n) is 5.03. The van der Waals surface area contributed by atoms with Gasteiger partial charge in [0.1, 0.15) is 18.9 Å². The number of hydrogen-bond acceptors (Lipinski definition) is 6. The Morgan fingerprint density at radius 1 is 1.21 bits per heavy atom. The highest BCUT2D eigenvalue weighted by Gasteiger charge is 2.55. The molecule has 2 heterocycles. The molecule has 8 heteroatoms. The van der Waals surface area contributed by atoms with Crippen LogP contribution in [-0.4, -0.2) is 36.0 Å². The van der Waals surface area contributed by atoms with Crippen LogP contribution < -0.4 is 10.1 Å². The fourth-order valence-corrected chi connectivity index (χ4v) is 3.53. The number of benzene rings is 2. The Labute approximate surface area is 166 Å². The topological polar surface area (TPSA) is 109 Å². The highest BCUT2D eigenvalue weighted by Crippen LogP contribution is 2.40. The zero-order valence-corrected chi connectivity index (χ0v) is 15.4. The van der Waals surface area contributed by atoms with Gasteiger partial charge in [0.2, 0.25) is 0 Å². The van der Waals surface area contributed by atoms with Crippen LogP contribution in [0.1, 0.15) is 23.1 Å². The Hall–Kier alpha value is -3.86. The molecule has 2 aliphatic rings. The molecule has 1 N–H and O–H groups in total. The summed E-state index contributed by atoms with van der Waals surface area (Å²) in [5.41, 5.74) is 0.558. The molecule has 1 spiro atoms. The van der Waals surface area contributed by atoms with Crippen molar-refractivity contribution in [2.45, 2.75) is 18.6 Å². The van der Waals surface area contributed by atoms with Gasteiger partial charge in [0.15, 0.2) is 5.54 Å². The number of ether oxygens (including phenoxy) is 2. The van der Waals surface area contributed by atoms with E-state index in [9.17, 15) is 14.4 Å². The van der Waals surface area contributed by atoms with Crippen LogP contribution in [0, 0.1) is 11.3 Å². The molecule has 1 atom stereocenters. The average Bonchev–Trinajstić information content (AvgIpc) is 2.97. The molecular formula is C21H17N3O5. The Morgan fingerprint density at radius 2 is 1.97 bits per heavy atom. The van der Waals surface area contributed by atoms with E-state index in [1.54, 1.807) is 48.5 Å². The zero-order chi connectivity index (χ0) is 20.4. The Balaban J connectivity index is 1.45. The Bertz CT molecular complexity index is 1030. The number of urea groups is 1. The average molecular weight is 391 g/mol. The molecule has 8 nitrogen and oxygen atoms in total. The molecule has 0 radical (unpaired) electrons. The van der Waals surface area contributed by atoms with Crippen LogP contribution in [0.4, 0.5) is 4.79 Å². The fraction of sp³-hybridized carbons (Fsp3) is 0.238. The molecule has 1 fully saturated rings. The van der Waals surface area contributed by atoms with Crippen molar-refractivity contribution in [3.63, 3.8) is 0 Å². The number of carbonyl (C=O) groups is 3. The number of para-hydroxylation sites is 1. The summed E-state index contributed by atoms with van der Waals surface area (Å²) in [6, 6.07) is 15.0. The summed E-state index contributed by atoms with van der Waals surface area (Å²) in [7, 11) is 0. The number of amides is 3. The number of hydrogen-bond donors (Lipinski definition) is 1. The number of imide groups is 1. The standard InChI is InChI=1S/C21H17N3O5/c22-11-14-5-7-15(8-6-14)13-29-18(25)12-24-19(26)21(23-20(24)27)9-10-28-17-4-2-1-3-16(17)21/h1-8H,9-10,12-13H2,(H,23,27)/t21-/m1/s1. The predicted octanol–water partition coefficient (Wildman–Crippen LogP) is 1.83. The molecule has 1 saturated heterocycles. The van der Waals surface area contributed by atoms with E-state index >= 15 is 0 Å². The number of nitrogens with zero attached hydrogens (tertiary/aromatic N) is 2. The van der Waals surface area contributed by atoms with Crippen molar-refractivity contribution < 1.29 is 23.9 Å². The normalized spacial score (nSPS) is 19.9. The van der Waals surface area contributed by atoms with Crippen molar-refractivity contribution in [2.75, 3.05) is 13.2 Å². The Kier molecular flexibility index (Phi) is 4.64. The highest BCUT2D eigenvalue weighted by molar-refractivity contribution is 6.09. The monoisotopic (exact) mass is 391 g/mol. The predicted molar refractivity (Wildman–Crippen MR) is 99.4 cm³/mol. The minimum atomic E-state index is -1.22. The molecule has 0 aliphatic carbocycles. The van der Waals surface area contributed by atoms with Crippen LogP contribution in [0.15, 0.2) is 48.5 Å². The van der Waals surface area contributed by atoms with Gasteiger partial charge in [0, 0.05) is 12.0 Å². The number of carbonyl (C=O) groups excluding carboxylic acids is 3. The largest absolute Gasteiger partial charge is 0.493 e. The van der Waals surface area contributed by atoms with E-state index < -0.39 is 30.0 Å². The summed E-state index contributed by atoms with van der Waals surface area (Å²) in [5, 5.41) is 11.5. The van der Waals surface area contributed by atoms with Crippen LogP contribution in [0.3, 0.4) is 0 Å². The van der Waals surface area contributed by atoms with E-state index in [1.807, 2.05) is 6.07 Å². The van der Waals surface area contributed by atoms with E-state index in [0.29, 0.717) is 22.4 Å². The molecular weight excluding hydrogens is 374 g/mol. The van der Waals surface area contributed by atoms with Gasteiger partial charge in [0.25, 0.3) is 5.91 Å². The van der Waals surface area contributed by atoms with Gasteiger partial charge in [0.05, 0.1) is 18.2 Å². The number of rotatable bonds is 4. The van der Waals surface area contributed by atoms with Gasteiger partial charge in [-0.3, -0.25) is 14.5 Å². The van der Waals surface area contributed by atoms with Gasteiger partial charge in [-0.25, -0.2) is 4.79 Å². The summed E-state index contributed by atoms with van der Waals surface area (Å²) in [4.78, 5) is 38.7. The molecule has 2 aromatic carbocycles. The van der Waals surface area contributed by atoms with Gasteiger partial charge < -0.3 is 14.8 Å². The summed E-state index contributed by atoms with van der Waals surface area (Å²) >= 11 is 0. The van der Waals surface area contributed by atoms with Crippen LogP contribution in [-0.2, 0) is 26.5 Å². The fourth-order valence-electron chi connectivity index (χ4n) is 3.53. The lowest BCUT2D eigenvalue weighted by molar-refractivity contribution is -0.149. The molecule has 0 aromatic heterocycles. The van der Waals surface area contributed by atoms with E-state index in [-0.39, 0.29) is 19.6 Å². The SMILES string of the molecule is N#Cc1ccc(COC(=O)CN2C(=O)N[C@@]3(CCOc4ccccc43)C2=O)cc1. The number of nitrogens with one attached hydrogen (secondary N) is 1. The van der Waals surface area contributed by atoms with Gasteiger partial charge >= 0.3 is 12.0 Å². The van der Waals surface area contributed by atoms with E-state index in [0.717, 1.165) is 4.90 Å². The molecule has 2 aromatic rings. The molecule has 0 bridgehead atoms. The second-order valence-electron chi connectivity index (χ2n) is 6.79. The van der Waals surface area contributed by atoms with Crippen molar-refractivity contribution in [3.8, 4) is 11.8 Å². The van der Waals surface area contributed by atoms with Gasteiger partial charge in [-0.05, 0) is 23.8 Å². The lowest BCUT2D eigenvalue weighted by Crippen LogP contribution is -2.47. The maximum absolute atomic E-state index is 13.1. The second kappa shape index (κ2) is 7.28. The van der Waals surface area contributed by atoms with Crippen LogP contribution >= 0.6 is 0 Å². The summed E-state index contributed by atoms with van der Waals surface area (Å²) in [5.74, 6) is -0.651. The third-order valence-corrected chi connectivity index (χ3v) is 5.03. The minimum absolute atomic E-state index is 0.0178.